The molecular weight excluding hydrogens is 420 g/mol. The van der Waals surface area contributed by atoms with Gasteiger partial charge in [0, 0.05) is 6.42 Å². The summed E-state index contributed by atoms with van der Waals surface area (Å²) in [5, 5.41) is 0. The van der Waals surface area contributed by atoms with Crippen molar-refractivity contribution in [3.05, 3.63) is 0 Å². The minimum atomic E-state index is -0.781. The molecule has 0 saturated carbocycles. The van der Waals surface area contributed by atoms with Gasteiger partial charge in [0.2, 0.25) is 0 Å². The van der Waals surface area contributed by atoms with Crippen molar-refractivity contribution in [1.82, 2.24) is 0 Å². The number of esters is 3. The number of hydrogen-bond acceptors (Lipinski definition) is 6. The quantitative estimate of drug-likeness (QED) is 0.147. The van der Waals surface area contributed by atoms with Crippen LogP contribution in [0.25, 0.3) is 0 Å². The molecule has 0 N–H and O–H groups in total. The fourth-order valence-corrected chi connectivity index (χ4v) is 3.89. The molecule has 0 spiro atoms. The molecule has 4 unspecified atom stereocenters. The van der Waals surface area contributed by atoms with Gasteiger partial charge in [0.1, 0.15) is 13.2 Å². The number of hydrogen-bond donors (Lipinski definition) is 0. The third-order valence-electron chi connectivity index (χ3n) is 6.32. The lowest BCUT2D eigenvalue weighted by Gasteiger charge is -2.23. The molecule has 0 aromatic carbocycles. The summed E-state index contributed by atoms with van der Waals surface area (Å²) in [5.41, 5.74) is 0. The molecule has 0 fully saturated rings. The van der Waals surface area contributed by atoms with Gasteiger partial charge in [-0.1, -0.05) is 86.5 Å². The summed E-state index contributed by atoms with van der Waals surface area (Å²) in [7, 11) is 0. The number of carbonyl (C=O) groups excluding carboxylic acids is 3. The van der Waals surface area contributed by atoms with E-state index < -0.39 is 6.10 Å². The zero-order chi connectivity index (χ0) is 25.1. The van der Waals surface area contributed by atoms with Crippen LogP contribution < -0.4 is 0 Å². The summed E-state index contributed by atoms with van der Waals surface area (Å²) in [6.07, 6.45) is 9.40. The molecule has 194 valence electrons. The van der Waals surface area contributed by atoms with E-state index >= 15 is 0 Å². The second-order valence-electron chi connectivity index (χ2n) is 9.13. The van der Waals surface area contributed by atoms with Gasteiger partial charge in [-0.15, -0.1) is 0 Å². The van der Waals surface area contributed by atoms with Crippen molar-refractivity contribution in [2.45, 2.75) is 125 Å². The van der Waals surface area contributed by atoms with Gasteiger partial charge in [0.15, 0.2) is 6.10 Å². The van der Waals surface area contributed by atoms with Gasteiger partial charge in [-0.2, -0.15) is 0 Å². The molecule has 0 aliphatic rings. The van der Waals surface area contributed by atoms with E-state index in [1.54, 1.807) is 0 Å². The second-order valence-corrected chi connectivity index (χ2v) is 9.13. The zero-order valence-corrected chi connectivity index (χ0v) is 22.2. The largest absolute Gasteiger partial charge is 0.462 e. The van der Waals surface area contributed by atoms with Gasteiger partial charge >= 0.3 is 17.9 Å². The zero-order valence-electron chi connectivity index (χ0n) is 22.2. The molecule has 4 atom stereocenters. The van der Waals surface area contributed by atoms with Crippen molar-refractivity contribution in [2.75, 3.05) is 13.2 Å². The van der Waals surface area contributed by atoms with Crippen LogP contribution in [0.3, 0.4) is 0 Å². The Morgan fingerprint density at radius 2 is 1.18 bits per heavy atom. The van der Waals surface area contributed by atoms with Gasteiger partial charge in [-0.25, -0.2) is 0 Å². The van der Waals surface area contributed by atoms with Crippen LogP contribution in [-0.2, 0) is 28.6 Å². The Kier molecular flexibility index (Phi) is 18.9. The molecule has 0 bridgehead atoms. The molecule has 0 aromatic heterocycles. The maximum absolute atomic E-state index is 12.7. The summed E-state index contributed by atoms with van der Waals surface area (Å²) in [4.78, 5) is 37.6. The molecule has 0 saturated heterocycles. The summed E-state index contributed by atoms with van der Waals surface area (Å²) in [6.45, 7) is 12.1. The Morgan fingerprint density at radius 3 is 1.67 bits per heavy atom. The molecular formula is C27H50O6. The van der Waals surface area contributed by atoms with Crippen LogP contribution in [0.5, 0.6) is 0 Å². The predicted octanol–water partition coefficient (Wildman–Crippen LogP) is 6.63. The summed E-state index contributed by atoms with van der Waals surface area (Å²) in [5.74, 6) is -0.931. The lowest BCUT2D eigenvalue weighted by Crippen LogP contribution is -2.34. The van der Waals surface area contributed by atoms with Crippen LogP contribution in [0.15, 0.2) is 0 Å². The minimum absolute atomic E-state index is 0.0865. The van der Waals surface area contributed by atoms with E-state index in [0.717, 1.165) is 57.8 Å². The van der Waals surface area contributed by atoms with Crippen LogP contribution >= 0.6 is 0 Å². The van der Waals surface area contributed by atoms with Crippen molar-refractivity contribution < 1.29 is 28.6 Å². The SMILES string of the molecule is CCCCC(CC)C(=O)OCC(COC(=O)CC(CC)CCC)OC(=O)C(CC)CCCC. The highest BCUT2D eigenvalue weighted by Crippen LogP contribution is 2.19. The Hall–Kier alpha value is -1.59. The predicted molar refractivity (Wildman–Crippen MR) is 132 cm³/mol. The van der Waals surface area contributed by atoms with Crippen molar-refractivity contribution in [1.29, 1.82) is 0 Å². The van der Waals surface area contributed by atoms with Gasteiger partial charge < -0.3 is 14.2 Å². The number of unbranched alkanes of at least 4 members (excludes halogenated alkanes) is 2. The third kappa shape index (κ3) is 14.3. The van der Waals surface area contributed by atoms with E-state index in [4.69, 9.17) is 14.2 Å². The Bertz CT molecular complexity index is 533. The van der Waals surface area contributed by atoms with E-state index in [1.807, 2.05) is 13.8 Å². The van der Waals surface area contributed by atoms with Crippen LogP contribution in [0.1, 0.15) is 119 Å². The molecule has 0 aliphatic carbocycles. The monoisotopic (exact) mass is 470 g/mol. The Labute approximate surface area is 202 Å². The lowest BCUT2D eigenvalue weighted by atomic mass is 9.97. The van der Waals surface area contributed by atoms with Crippen LogP contribution in [0.4, 0.5) is 0 Å². The lowest BCUT2D eigenvalue weighted by molar-refractivity contribution is -0.171. The van der Waals surface area contributed by atoms with E-state index in [2.05, 4.69) is 27.7 Å². The van der Waals surface area contributed by atoms with E-state index in [1.165, 1.54) is 0 Å². The van der Waals surface area contributed by atoms with Gasteiger partial charge in [-0.05, 0) is 31.6 Å². The summed E-state index contributed by atoms with van der Waals surface area (Å²) in [6, 6.07) is 0. The minimum Gasteiger partial charge on any atom is -0.462 e. The molecule has 0 aromatic rings. The van der Waals surface area contributed by atoms with Crippen molar-refractivity contribution in [3.63, 3.8) is 0 Å². The fraction of sp³-hybridized carbons (Fsp3) is 0.889. The maximum atomic E-state index is 12.7. The van der Waals surface area contributed by atoms with Gasteiger partial charge in [-0.3, -0.25) is 14.4 Å². The molecule has 0 rings (SSSR count). The Balaban J connectivity index is 5.04. The Morgan fingerprint density at radius 1 is 0.636 bits per heavy atom. The topological polar surface area (TPSA) is 78.9 Å². The van der Waals surface area contributed by atoms with E-state index in [-0.39, 0.29) is 43.0 Å². The highest BCUT2D eigenvalue weighted by Gasteiger charge is 2.26. The number of carbonyl (C=O) groups is 3. The van der Waals surface area contributed by atoms with E-state index in [9.17, 15) is 14.4 Å². The standard InChI is InChI=1S/C27H50O6/c1-7-13-16-22(11-5)26(29)32-20-24(33-27(30)23(12-6)17-14-8-2)19-31-25(28)18-21(10-4)15-9-3/h21-24H,7-20H2,1-6H3. The molecule has 0 radical (unpaired) electrons. The molecule has 6 nitrogen and oxygen atoms in total. The summed E-state index contributed by atoms with van der Waals surface area (Å²) >= 11 is 0. The average molecular weight is 471 g/mol. The molecule has 0 aliphatic heterocycles. The first-order chi connectivity index (χ1) is 15.9. The van der Waals surface area contributed by atoms with Crippen molar-refractivity contribution in [3.8, 4) is 0 Å². The van der Waals surface area contributed by atoms with Gasteiger partial charge in [0.25, 0.3) is 0 Å². The maximum Gasteiger partial charge on any atom is 0.309 e. The molecule has 6 heteroatoms. The van der Waals surface area contributed by atoms with Crippen LogP contribution in [0.2, 0.25) is 0 Å². The average Bonchev–Trinajstić information content (AvgIpc) is 2.81. The van der Waals surface area contributed by atoms with Crippen molar-refractivity contribution in [2.24, 2.45) is 17.8 Å². The molecule has 0 amide bonds. The highest BCUT2D eigenvalue weighted by atomic mass is 16.6. The summed E-state index contributed by atoms with van der Waals surface area (Å²) < 4.78 is 16.7. The second kappa shape index (κ2) is 19.8. The molecule has 33 heavy (non-hydrogen) atoms. The first-order valence-corrected chi connectivity index (χ1v) is 13.4. The first kappa shape index (κ1) is 31.4. The smallest absolute Gasteiger partial charge is 0.309 e. The molecule has 0 heterocycles. The van der Waals surface area contributed by atoms with Crippen LogP contribution in [-0.4, -0.2) is 37.2 Å². The van der Waals surface area contributed by atoms with E-state index in [0.29, 0.717) is 25.2 Å². The fourth-order valence-electron chi connectivity index (χ4n) is 3.89. The van der Waals surface area contributed by atoms with Gasteiger partial charge in [0.05, 0.1) is 11.8 Å². The van der Waals surface area contributed by atoms with Crippen molar-refractivity contribution >= 4 is 17.9 Å². The third-order valence-corrected chi connectivity index (χ3v) is 6.32. The van der Waals surface area contributed by atoms with Crippen LogP contribution in [0, 0.1) is 17.8 Å². The first-order valence-electron chi connectivity index (χ1n) is 13.4. The number of rotatable bonds is 20. The number of ether oxygens (including phenoxy) is 3. The highest BCUT2D eigenvalue weighted by molar-refractivity contribution is 5.73. The normalized spacial score (nSPS) is 14.7.